The summed E-state index contributed by atoms with van der Waals surface area (Å²) in [6.07, 6.45) is 0.433. The third kappa shape index (κ3) is 3.70. The van der Waals surface area contributed by atoms with E-state index in [-0.39, 0.29) is 11.9 Å². The van der Waals surface area contributed by atoms with Crippen LogP contribution in [0.1, 0.15) is 35.2 Å². The molecule has 1 atom stereocenters. The molecule has 2 nitrogen and oxygen atoms in total. The molecule has 1 amide bonds. The predicted octanol–water partition coefficient (Wildman–Crippen LogP) is 3.72. The second-order valence-corrected chi connectivity index (χ2v) is 5.30. The Morgan fingerprint density at radius 3 is 2.35 bits per heavy atom. The molecule has 0 fully saturated rings. The van der Waals surface area contributed by atoms with Crippen LogP contribution in [0, 0.1) is 13.8 Å². The van der Waals surface area contributed by atoms with Crippen molar-refractivity contribution in [1.82, 2.24) is 5.32 Å². The van der Waals surface area contributed by atoms with Gasteiger partial charge in [0.1, 0.15) is 0 Å². The van der Waals surface area contributed by atoms with Crippen LogP contribution in [0.15, 0.2) is 48.5 Å². The van der Waals surface area contributed by atoms with Crippen molar-refractivity contribution >= 4 is 5.91 Å². The number of rotatable bonds is 4. The average Bonchev–Trinajstić information content (AvgIpc) is 2.42. The Hall–Kier alpha value is -2.09. The highest BCUT2D eigenvalue weighted by atomic mass is 16.1. The molecule has 0 aliphatic carbocycles. The van der Waals surface area contributed by atoms with Crippen LogP contribution >= 0.6 is 0 Å². The van der Waals surface area contributed by atoms with E-state index in [1.54, 1.807) is 0 Å². The van der Waals surface area contributed by atoms with E-state index in [0.29, 0.717) is 6.42 Å². The molecule has 2 heteroatoms. The van der Waals surface area contributed by atoms with E-state index in [9.17, 15) is 4.79 Å². The summed E-state index contributed by atoms with van der Waals surface area (Å²) in [5.74, 6) is 0.0624. The first-order chi connectivity index (χ1) is 9.56. The van der Waals surface area contributed by atoms with Crippen LogP contribution in [-0.4, -0.2) is 5.91 Å². The van der Waals surface area contributed by atoms with Crippen molar-refractivity contribution in [2.75, 3.05) is 0 Å². The minimum atomic E-state index is 0.0344. The first-order valence-electron chi connectivity index (χ1n) is 6.96. The molecule has 2 rings (SSSR count). The van der Waals surface area contributed by atoms with Crippen molar-refractivity contribution in [3.63, 3.8) is 0 Å². The number of hydrogen-bond acceptors (Lipinski definition) is 1. The zero-order chi connectivity index (χ0) is 14.5. The monoisotopic (exact) mass is 267 g/mol. The fourth-order valence-corrected chi connectivity index (χ4v) is 2.21. The zero-order valence-electron chi connectivity index (χ0n) is 12.3. The van der Waals surface area contributed by atoms with Gasteiger partial charge in [0.15, 0.2) is 0 Å². The van der Waals surface area contributed by atoms with Crippen molar-refractivity contribution in [1.29, 1.82) is 0 Å². The van der Waals surface area contributed by atoms with Gasteiger partial charge in [0.2, 0.25) is 5.91 Å². The van der Waals surface area contributed by atoms with E-state index < -0.39 is 0 Å². The lowest BCUT2D eigenvalue weighted by Crippen LogP contribution is -2.28. The number of nitrogens with one attached hydrogen (secondary N) is 1. The Balaban J connectivity index is 1.98. The fourth-order valence-electron chi connectivity index (χ4n) is 2.21. The van der Waals surface area contributed by atoms with Crippen molar-refractivity contribution in [3.05, 3.63) is 70.8 Å². The Labute approximate surface area is 120 Å². The standard InChI is InChI=1S/C18H21NO/c1-13-8-10-16(11-9-13)15(3)19-18(20)12-17-7-5-4-6-14(17)2/h4-11,15H,12H2,1-3H3,(H,19,20). The molecule has 0 heterocycles. The first kappa shape index (κ1) is 14.3. The predicted molar refractivity (Wildman–Crippen MR) is 82.6 cm³/mol. The SMILES string of the molecule is Cc1ccc(C(C)NC(=O)Cc2ccccc2C)cc1. The second kappa shape index (κ2) is 6.38. The summed E-state index contributed by atoms with van der Waals surface area (Å²) in [4.78, 5) is 12.1. The van der Waals surface area contributed by atoms with E-state index in [2.05, 4.69) is 36.5 Å². The maximum atomic E-state index is 12.1. The first-order valence-corrected chi connectivity index (χ1v) is 6.96. The van der Waals surface area contributed by atoms with Crippen molar-refractivity contribution in [2.45, 2.75) is 33.2 Å². The van der Waals surface area contributed by atoms with Crippen LogP contribution < -0.4 is 5.32 Å². The van der Waals surface area contributed by atoms with Gasteiger partial charge in [0, 0.05) is 0 Å². The normalized spacial score (nSPS) is 11.9. The number of hydrogen-bond donors (Lipinski definition) is 1. The summed E-state index contributed by atoms with van der Waals surface area (Å²) in [7, 11) is 0. The van der Waals surface area contributed by atoms with Gasteiger partial charge in [-0.15, -0.1) is 0 Å². The molecule has 0 aromatic heterocycles. The van der Waals surface area contributed by atoms with Crippen LogP contribution in [0.3, 0.4) is 0 Å². The molecular weight excluding hydrogens is 246 g/mol. The van der Waals surface area contributed by atoms with Gasteiger partial charge in [0.05, 0.1) is 12.5 Å². The molecule has 2 aromatic carbocycles. The van der Waals surface area contributed by atoms with Gasteiger partial charge in [-0.05, 0) is 37.5 Å². The number of benzene rings is 2. The minimum Gasteiger partial charge on any atom is -0.349 e. The Morgan fingerprint density at radius 1 is 1.05 bits per heavy atom. The molecule has 1 N–H and O–H groups in total. The van der Waals surface area contributed by atoms with Crippen molar-refractivity contribution < 1.29 is 4.79 Å². The molecule has 104 valence electrons. The van der Waals surface area contributed by atoms with E-state index in [4.69, 9.17) is 0 Å². The molecule has 0 bridgehead atoms. The number of carbonyl (C=O) groups excluding carboxylic acids is 1. The third-order valence-electron chi connectivity index (χ3n) is 3.57. The van der Waals surface area contributed by atoms with Gasteiger partial charge < -0.3 is 5.32 Å². The average molecular weight is 267 g/mol. The maximum absolute atomic E-state index is 12.1. The minimum absolute atomic E-state index is 0.0344. The van der Waals surface area contributed by atoms with E-state index in [1.165, 1.54) is 5.56 Å². The second-order valence-electron chi connectivity index (χ2n) is 5.30. The largest absolute Gasteiger partial charge is 0.349 e. The van der Waals surface area contributed by atoms with Crippen LogP contribution in [0.4, 0.5) is 0 Å². The topological polar surface area (TPSA) is 29.1 Å². The summed E-state index contributed by atoms with van der Waals surface area (Å²) >= 11 is 0. The lowest BCUT2D eigenvalue weighted by atomic mass is 10.0. The molecule has 20 heavy (non-hydrogen) atoms. The Morgan fingerprint density at radius 2 is 1.70 bits per heavy atom. The molecule has 0 aliphatic rings. The Bertz CT molecular complexity index is 587. The quantitative estimate of drug-likeness (QED) is 0.898. The molecule has 0 saturated carbocycles. The molecule has 2 aromatic rings. The van der Waals surface area contributed by atoms with Crippen LogP contribution in [0.25, 0.3) is 0 Å². The smallest absolute Gasteiger partial charge is 0.224 e. The van der Waals surface area contributed by atoms with Gasteiger partial charge in [-0.2, -0.15) is 0 Å². The van der Waals surface area contributed by atoms with Gasteiger partial charge in [0.25, 0.3) is 0 Å². The van der Waals surface area contributed by atoms with Crippen molar-refractivity contribution in [3.8, 4) is 0 Å². The summed E-state index contributed by atoms with van der Waals surface area (Å²) in [5.41, 5.74) is 4.60. The number of carbonyl (C=O) groups is 1. The lowest BCUT2D eigenvalue weighted by Gasteiger charge is -2.15. The van der Waals surface area contributed by atoms with E-state index in [0.717, 1.165) is 16.7 Å². The zero-order valence-corrected chi connectivity index (χ0v) is 12.3. The molecule has 0 aliphatic heterocycles. The highest BCUT2D eigenvalue weighted by Crippen LogP contribution is 2.14. The van der Waals surface area contributed by atoms with Crippen LogP contribution in [-0.2, 0) is 11.2 Å². The highest BCUT2D eigenvalue weighted by Gasteiger charge is 2.10. The fraction of sp³-hybridized carbons (Fsp3) is 0.278. The molecule has 1 unspecified atom stereocenters. The van der Waals surface area contributed by atoms with Gasteiger partial charge in [-0.1, -0.05) is 54.1 Å². The third-order valence-corrected chi connectivity index (χ3v) is 3.57. The summed E-state index contributed by atoms with van der Waals surface area (Å²) < 4.78 is 0. The summed E-state index contributed by atoms with van der Waals surface area (Å²) in [6.45, 7) is 6.11. The highest BCUT2D eigenvalue weighted by molar-refractivity contribution is 5.79. The molecule has 0 spiro atoms. The van der Waals surface area contributed by atoms with Gasteiger partial charge in [-0.25, -0.2) is 0 Å². The van der Waals surface area contributed by atoms with E-state index in [1.807, 2.05) is 38.1 Å². The van der Waals surface area contributed by atoms with Gasteiger partial charge in [-0.3, -0.25) is 4.79 Å². The number of aryl methyl sites for hydroxylation is 2. The lowest BCUT2D eigenvalue weighted by molar-refractivity contribution is -0.121. The van der Waals surface area contributed by atoms with Crippen LogP contribution in [0.5, 0.6) is 0 Å². The summed E-state index contributed by atoms with van der Waals surface area (Å²) in [6, 6.07) is 16.3. The van der Waals surface area contributed by atoms with Crippen LogP contribution in [0.2, 0.25) is 0 Å². The number of amides is 1. The summed E-state index contributed by atoms with van der Waals surface area (Å²) in [5, 5.41) is 3.05. The molecular formula is C18H21NO. The molecule has 0 saturated heterocycles. The molecule has 0 radical (unpaired) electrons. The van der Waals surface area contributed by atoms with Gasteiger partial charge >= 0.3 is 0 Å². The van der Waals surface area contributed by atoms with Crippen molar-refractivity contribution in [2.24, 2.45) is 0 Å². The maximum Gasteiger partial charge on any atom is 0.224 e. The van der Waals surface area contributed by atoms with E-state index >= 15 is 0 Å². The Kier molecular flexibility index (Phi) is 4.57.